The van der Waals surface area contributed by atoms with Gasteiger partial charge in [-0.15, -0.1) is 11.3 Å². The minimum Gasteiger partial charge on any atom is -0.379 e. The Hall–Kier alpha value is -1.11. The summed E-state index contributed by atoms with van der Waals surface area (Å²) in [5.41, 5.74) is 1.30. The van der Waals surface area contributed by atoms with Crippen LogP contribution in [0.4, 0.5) is 4.79 Å². The van der Waals surface area contributed by atoms with Crippen molar-refractivity contribution in [3.05, 3.63) is 21.9 Å². The van der Waals surface area contributed by atoms with Crippen molar-refractivity contribution in [3.63, 3.8) is 0 Å². The Balaban J connectivity index is 1.27. The molecule has 2 aliphatic rings. The minimum atomic E-state index is 0.0379. The molecule has 0 aromatic carbocycles. The van der Waals surface area contributed by atoms with Crippen LogP contribution in [0.15, 0.2) is 11.4 Å². The van der Waals surface area contributed by atoms with Crippen molar-refractivity contribution in [1.82, 2.24) is 10.2 Å². The highest BCUT2D eigenvalue weighted by atomic mass is 32.1. The first-order valence-corrected chi connectivity index (χ1v) is 8.98. The summed E-state index contributed by atoms with van der Waals surface area (Å²) in [6, 6.07) is 2.16. The van der Waals surface area contributed by atoms with Gasteiger partial charge < -0.3 is 19.7 Å². The molecular weight excluding hydrogens is 300 g/mol. The topological polar surface area (TPSA) is 50.8 Å². The molecule has 2 aliphatic heterocycles. The monoisotopic (exact) mass is 324 g/mol. The van der Waals surface area contributed by atoms with E-state index < -0.39 is 0 Å². The van der Waals surface area contributed by atoms with Crippen molar-refractivity contribution in [2.24, 2.45) is 0 Å². The Labute approximate surface area is 135 Å². The average Bonchev–Trinajstić information content (AvgIpc) is 3.20. The normalized spacial score (nSPS) is 20.9. The van der Waals surface area contributed by atoms with Gasteiger partial charge in [-0.1, -0.05) is 0 Å². The molecule has 1 fully saturated rings. The van der Waals surface area contributed by atoms with E-state index in [-0.39, 0.29) is 12.1 Å². The van der Waals surface area contributed by atoms with Gasteiger partial charge in [-0.3, -0.25) is 0 Å². The highest BCUT2D eigenvalue weighted by molar-refractivity contribution is 7.10. The molecule has 1 saturated heterocycles. The van der Waals surface area contributed by atoms with Crippen molar-refractivity contribution in [2.45, 2.75) is 38.3 Å². The molecule has 3 rings (SSSR count). The Kier molecular flexibility index (Phi) is 5.70. The number of fused-ring (bicyclic) bond motifs is 1. The third kappa shape index (κ3) is 4.21. The Morgan fingerprint density at radius 3 is 3.36 bits per heavy atom. The summed E-state index contributed by atoms with van der Waals surface area (Å²) in [5.74, 6) is 0. The maximum atomic E-state index is 12.1. The van der Waals surface area contributed by atoms with Crippen LogP contribution >= 0.6 is 11.3 Å². The number of nitrogens with zero attached hydrogens (tertiary/aromatic N) is 1. The highest BCUT2D eigenvalue weighted by Gasteiger charge is 2.21. The molecule has 6 heteroatoms. The fourth-order valence-corrected chi connectivity index (χ4v) is 3.78. The molecule has 3 heterocycles. The lowest BCUT2D eigenvalue weighted by Crippen LogP contribution is -2.42. The minimum absolute atomic E-state index is 0.0379. The van der Waals surface area contributed by atoms with Crippen LogP contribution in [0.3, 0.4) is 0 Å². The maximum Gasteiger partial charge on any atom is 0.317 e. The lowest BCUT2D eigenvalue weighted by molar-refractivity contribution is 0.0167. The number of rotatable bonds is 6. The molecule has 1 aromatic rings. The number of ether oxygens (including phenoxy) is 2. The van der Waals surface area contributed by atoms with E-state index in [0.717, 1.165) is 45.4 Å². The third-order valence-corrected chi connectivity index (χ3v) is 5.19. The highest BCUT2D eigenvalue weighted by Crippen LogP contribution is 2.23. The van der Waals surface area contributed by atoms with Gasteiger partial charge in [-0.2, -0.15) is 0 Å². The predicted molar refractivity (Wildman–Crippen MR) is 86.2 cm³/mol. The van der Waals surface area contributed by atoms with Crippen LogP contribution in [0.25, 0.3) is 0 Å². The lowest BCUT2D eigenvalue weighted by atomic mass is 10.1. The molecule has 5 nitrogen and oxygen atoms in total. The Bertz CT molecular complexity index is 485. The van der Waals surface area contributed by atoms with E-state index in [1.54, 1.807) is 11.3 Å². The number of urea groups is 1. The molecule has 0 aliphatic carbocycles. The van der Waals surface area contributed by atoms with Crippen molar-refractivity contribution >= 4 is 17.4 Å². The van der Waals surface area contributed by atoms with Crippen LogP contribution in [0.2, 0.25) is 0 Å². The summed E-state index contributed by atoms with van der Waals surface area (Å²) < 4.78 is 11.1. The van der Waals surface area contributed by atoms with Gasteiger partial charge in [0.25, 0.3) is 0 Å². The first-order chi connectivity index (χ1) is 10.8. The second-order valence-electron chi connectivity index (χ2n) is 5.84. The zero-order valence-electron chi connectivity index (χ0n) is 12.9. The van der Waals surface area contributed by atoms with Gasteiger partial charge in [0, 0.05) is 37.7 Å². The van der Waals surface area contributed by atoms with Crippen LogP contribution in [0.1, 0.15) is 29.7 Å². The fourth-order valence-electron chi connectivity index (χ4n) is 2.89. The molecule has 122 valence electrons. The molecule has 2 amide bonds. The van der Waals surface area contributed by atoms with Crippen LogP contribution < -0.4 is 5.32 Å². The number of hydrogen-bond donors (Lipinski definition) is 1. The van der Waals surface area contributed by atoms with E-state index >= 15 is 0 Å². The Morgan fingerprint density at radius 2 is 2.50 bits per heavy atom. The largest absolute Gasteiger partial charge is 0.379 e. The SMILES string of the molecule is O=C(NCCCOC[C@H]1CCCO1)N1CCc2sccc2C1. The van der Waals surface area contributed by atoms with Crippen LogP contribution in [-0.4, -0.2) is 49.9 Å². The summed E-state index contributed by atoms with van der Waals surface area (Å²) >= 11 is 1.79. The smallest absolute Gasteiger partial charge is 0.317 e. The number of nitrogens with one attached hydrogen (secondary N) is 1. The van der Waals surface area contributed by atoms with Gasteiger partial charge in [0.15, 0.2) is 0 Å². The second kappa shape index (κ2) is 7.94. The molecule has 1 N–H and O–H groups in total. The summed E-state index contributed by atoms with van der Waals surface area (Å²) in [5, 5.41) is 5.09. The molecule has 0 bridgehead atoms. The van der Waals surface area contributed by atoms with Crippen LogP contribution in [0, 0.1) is 0 Å². The number of thiophene rings is 1. The summed E-state index contributed by atoms with van der Waals surface area (Å²) in [7, 11) is 0. The average molecular weight is 324 g/mol. The zero-order valence-corrected chi connectivity index (χ0v) is 13.7. The molecule has 1 aromatic heterocycles. The van der Waals surface area contributed by atoms with Gasteiger partial charge >= 0.3 is 6.03 Å². The van der Waals surface area contributed by atoms with Crippen molar-refractivity contribution in [2.75, 3.05) is 32.9 Å². The summed E-state index contributed by atoms with van der Waals surface area (Å²) in [6.07, 6.45) is 4.35. The maximum absolute atomic E-state index is 12.1. The molecule has 1 atom stereocenters. The standard InChI is InChI=1S/C16H24N2O3S/c19-16(18-7-4-15-13(11-18)5-10-22-15)17-6-2-8-20-12-14-3-1-9-21-14/h5,10,14H,1-4,6-9,11-12H2,(H,17,19)/t14-/m1/s1. The molecule has 22 heavy (non-hydrogen) atoms. The molecule has 0 saturated carbocycles. The number of hydrogen-bond acceptors (Lipinski definition) is 4. The zero-order chi connectivity index (χ0) is 15.2. The van der Waals surface area contributed by atoms with Crippen LogP contribution in [-0.2, 0) is 22.4 Å². The molecule has 0 radical (unpaired) electrons. The van der Waals surface area contributed by atoms with Gasteiger partial charge in [0.2, 0.25) is 0 Å². The fraction of sp³-hybridized carbons (Fsp3) is 0.688. The van der Waals surface area contributed by atoms with E-state index in [1.807, 2.05) is 4.90 Å². The van der Waals surface area contributed by atoms with Crippen molar-refractivity contribution in [3.8, 4) is 0 Å². The number of carbonyl (C=O) groups is 1. The van der Waals surface area contributed by atoms with E-state index in [1.165, 1.54) is 10.4 Å². The molecule has 0 unspecified atom stereocenters. The summed E-state index contributed by atoms with van der Waals surface area (Å²) in [4.78, 5) is 15.4. The first-order valence-electron chi connectivity index (χ1n) is 8.10. The number of carbonyl (C=O) groups excluding carboxylic acids is 1. The van der Waals surface area contributed by atoms with Gasteiger partial charge in [0.1, 0.15) is 0 Å². The molecular formula is C16H24N2O3S. The van der Waals surface area contributed by atoms with Crippen molar-refractivity contribution < 1.29 is 14.3 Å². The van der Waals surface area contributed by atoms with Crippen LogP contribution in [0.5, 0.6) is 0 Å². The van der Waals surface area contributed by atoms with Gasteiger partial charge in [0.05, 0.1) is 12.7 Å². The predicted octanol–water partition coefficient (Wildman–Crippen LogP) is 2.40. The lowest BCUT2D eigenvalue weighted by Gasteiger charge is -2.27. The Morgan fingerprint density at radius 1 is 1.55 bits per heavy atom. The van der Waals surface area contributed by atoms with Crippen molar-refractivity contribution in [1.29, 1.82) is 0 Å². The second-order valence-corrected chi connectivity index (χ2v) is 6.84. The molecule has 0 spiro atoms. The van der Waals surface area contributed by atoms with Gasteiger partial charge in [-0.25, -0.2) is 4.79 Å². The third-order valence-electron chi connectivity index (χ3n) is 4.16. The quantitative estimate of drug-likeness (QED) is 0.818. The first kappa shape index (κ1) is 15.8. The van der Waals surface area contributed by atoms with Gasteiger partial charge in [-0.05, 0) is 42.7 Å². The number of amides is 2. The van der Waals surface area contributed by atoms with E-state index in [2.05, 4.69) is 16.8 Å². The van der Waals surface area contributed by atoms with E-state index in [4.69, 9.17) is 9.47 Å². The summed E-state index contributed by atoms with van der Waals surface area (Å²) in [6.45, 7) is 4.44. The van der Waals surface area contributed by atoms with E-state index in [0.29, 0.717) is 19.8 Å². The van der Waals surface area contributed by atoms with E-state index in [9.17, 15) is 4.79 Å².